The van der Waals surface area contributed by atoms with Gasteiger partial charge in [-0.25, -0.2) is 4.79 Å². The van der Waals surface area contributed by atoms with Crippen LogP contribution in [0.15, 0.2) is 47.4 Å². The van der Waals surface area contributed by atoms with Crippen molar-refractivity contribution in [2.24, 2.45) is 10.2 Å². The maximum absolute atomic E-state index is 12.5. The first kappa shape index (κ1) is 18.9. The van der Waals surface area contributed by atoms with Gasteiger partial charge in [-0.1, -0.05) is 5.16 Å². The lowest BCUT2D eigenvalue weighted by atomic mass is 10.2. The van der Waals surface area contributed by atoms with Crippen molar-refractivity contribution >= 4 is 34.2 Å². The molecule has 142 valence electrons. The second-order valence-corrected chi connectivity index (χ2v) is 6.92. The fraction of sp³-hybridized carbons (Fsp3) is 0.353. The van der Waals surface area contributed by atoms with Crippen LogP contribution in [0.3, 0.4) is 0 Å². The van der Waals surface area contributed by atoms with E-state index in [0.29, 0.717) is 11.0 Å². The van der Waals surface area contributed by atoms with Crippen LogP contribution in [-0.2, 0) is 6.54 Å². The Bertz CT molecular complexity index is 1140. The van der Waals surface area contributed by atoms with E-state index in [2.05, 4.69) is 15.4 Å². The van der Waals surface area contributed by atoms with E-state index in [1.807, 2.05) is 18.4 Å². The molecule has 0 spiro atoms. The summed E-state index contributed by atoms with van der Waals surface area (Å²) < 4.78 is 7.31. The Balaban J connectivity index is 2.17. The smallest absolute Gasteiger partial charge is 0.334 e. The first-order valence-electron chi connectivity index (χ1n) is 8.32. The first-order chi connectivity index (χ1) is 12.9. The van der Waals surface area contributed by atoms with Gasteiger partial charge in [-0.05, 0) is 45.2 Å². The topological polar surface area (TPSA) is 115 Å². The number of rotatable bonds is 5. The van der Waals surface area contributed by atoms with Crippen molar-refractivity contribution in [1.29, 1.82) is 0 Å². The van der Waals surface area contributed by atoms with E-state index in [9.17, 15) is 14.7 Å². The zero-order valence-corrected chi connectivity index (χ0v) is 16.1. The molecule has 2 aromatic heterocycles. The Morgan fingerprint density at radius 1 is 1.30 bits per heavy atom. The van der Waals surface area contributed by atoms with Gasteiger partial charge in [0.15, 0.2) is 5.58 Å². The fourth-order valence-electron chi connectivity index (χ4n) is 2.68. The Labute approximate surface area is 158 Å². The highest BCUT2D eigenvalue weighted by Gasteiger charge is 2.20. The minimum atomic E-state index is -0.710. The lowest BCUT2D eigenvalue weighted by Gasteiger charge is -2.15. The van der Waals surface area contributed by atoms with Gasteiger partial charge in [0, 0.05) is 17.5 Å². The summed E-state index contributed by atoms with van der Waals surface area (Å²) in [6.07, 6.45) is 1.94. The number of nitrogens with zero attached hydrogens (tertiary/aromatic N) is 5. The molecule has 0 aliphatic carbocycles. The Hall–Kier alpha value is -2.88. The lowest BCUT2D eigenvalue weighted by molar-refractivity contribution is 0.372. The molecule has 9 nitrogen and oxygen atoms in total. The predicted octanol–water partition coefficient (Wildman–Crippen LogP) is 3.59. The van der Waals surface area contributed by atoms with E-state index in [1.54, 1.807) is 38.6 Å². The minimum absolute atomic E-state index is 0.150. The summed E-state index contributed by atoms with van der Waals surface area (Å²) >= 11 is 1.55. The summed E-state index contributed by atoms with van der Waals surface area (Å²) in [5.74, 6) is -0.337. The van der Waals surface area contributed by atoms with Crippen molar-refractivity contribution in [2.75, 3.05) is 6.26 Å². The fourth-order valence-corrected chi connectivity index (χ4v) is 3.12. The summed E-state index contributed by atoms with van der Waals surface area (Å²) in [5.41, 5.74) is -1.09. The molecule has 1 N–H and O–H groups in total. The monoisotopic (exact) mass is 389 g/mol. The summed E-state index contributed by atoms with van der Waals surface area (Å²) in [6.45, 7) is 5.26. The van der Waals surface area contributed by atoms with Gasteiger partial charge >= 0.3 is 5.69 Å². The molecule has 0 radical (unpaired) electrons. The average molecular weight is 389 g/mol. The van der Waals surface area contributed by atoms with Gasteiger partial charge in [-0.3, -0.25) is 13.9 Å². The molecule has 10 heteroatoms. The summed E-state index contributed by atoms with van der Waals surface area (Å²) in [6, 6.07) is 5.16. The summed E-state index contributed by atoms with van der Waals surface area (Å²) in [5, 5.41) is 22.8. The van der Waals surface area contributed by atoms with Crippen molar-refractivity contribution in [3.8, 4) is 5.88 Å². The molecule has 3 aromatic rings. The number of thioether (sulfide) groups is 1. The van der Waals surface area contributed by atoms with Crippen molar-refractivity contribution < 1.29 is 9.63 Å². The minimum Gasteiger partial charge on any atom is -0.493 e. The van der Waals surface area contributed by atoms with Gasteiger partial charge in [0.1, 0.15) is 0 Å². The second kappa shape index (κ2) is 7.39. The van der Waals surface area contributed by atoms with Gasteiger partial charge < -0.3 is 9.63 Å². The van der Waals surface area contributed by atoms with Crippen molar-refractivity contribution in [3.63, 3.8) is 0 Å². The molecule has 1 aromatic carbocycles. The second-order valence-electron chi connectivity index (χ2n) is 6.04. The van der Waals surface area contributed by atoms with Gasteiger partial charge in [0.2, 0.25) is 17.4 Å². The van der Waals surface area contributed by atoms with Crippen LogP contribution in [0.5, 0.6) is 5.88 Å². The predicted molar refractivity (Wildman–Crippen MR) is 103 cm³/mol. The molecule has 0 fully saturated rings. The number of hydrogen-bond acceptors (Lipinski definition) is 8. The quantitative estimate of drug-likeness (QED) is 0.527. The zero-order chi connectivity index (χ0) is 19.7. The number of azo groups is 1. The van der Waals surface area contributed by atoms with Crippen LogP contribution in [-0.4, -0.2) is 25.7 Å². The van der Waals surface area contributed by atoms with Crippen LogP contribution in [0.4, 0.5) is 11.5 Å². The van der Waals surface area contributed by atoms with Crippen LogP contribution in [0.25, 0.3) is 11.0 Å². The maximum Gasteiger partial charge on any atom is 0.334 e. The molecule has 0 aliphatic rings. The van der Waals surface area contributed by atoms with E-state index in [-0.39, 0.29) is 24.1 Å². The molecule has 0 saturated heterocycles. The molecule has 27 heavy (non-hydrogen) atoms. The van der Waals surface area contributed by atoms with Gasteiger partial charge in [0.25, 0.3) is 5.56 Å². The molecule has 0 bridgehead atoms. The van der Waals surface area contributed by atoms with Crippen molar-refractivity contribution in [1.82, 2.24) is 14.3 Å². The Morgan fingerprint density at radius 3 is 2.67 bits per heavy atom. The standard InChI is InChI=1S/C17H19N5O4S/c1-5-21-15(23)13(16(24)22(9(2)3)17(21)25)18-19-14-11-8-10(27-4)6-7-12(11)26-20-14/h6-9,24H,5H2,1-4H3. The zero-order valence-electron chi connectivity index (χ0n) is 15.3. The van der Waals surface area contributed by atoms with Crippen LogP contribution in [0.1, 0.15) is 26.8 Å². The maximum atomic E-state index is 12.5. The number of aromatic nitrogens is 3. The van der Waals surface area contributed by atoms with Crippen molar-refractivity contribution in [2.45, 2.75) is 38.3 Å². The molecule has 0 saturated carbocycles. The van der Waals surface area contributed by atoms with E-state index in [4.69, 9.17) is 4.52 Å². The summed E-state index contributed by atoms with van der Waals surface area (Å²) in [7, 11) is 0. The highest BCUT2D eigenvalue weighted by molar-refractivity contribution is 7.98. The highest BCUT2D eigenvalue weighted by atomic mass is 32.2. The van der Waals surface area contributed by atoms with Gasteiger partial charge in [-0.15, -0.1) is 22.0 Å². The number of benzene rings is 1. The first-order valence-corrected chi connectivity index (χ1v) is 9.55. The SMILES string of the molecule is CCn1c(=O)c(N=Nc2noc3ccc(SC)cc23)c(O)n(C(C)C)c1=O. The van der Waals surface area contributed by atoms with E-state index in [0.717, 1.165) is 14.0 Å². The number of aromatic hydroxyl groups is 1. The number of hydrogen-bond donors (Lipinski definition) is 1. The largest absolute Gasteiger partial charge is 0.493 e. The van der Waals surface area contributed by atoms with E-state index >= 15 is 0 Å². The lowest BCUT2D eigenvalue weighted by Crippen LogP contribution is -2.39. The highest BCUT2D eigenvalue weighted by Crippen LogP contribution is 2.31. The van der Waals surface area contributed by atoms with Crippen LogP contribution < -0.4 is 11.2 Å². The van der Waals surface area contributed by atoms with Gasteiger partial charge in [-0.2, -0.15) is 0 Å². The van der Waals surface area contributed by atoms with Gasteiger partial charge in [0.05, 0.1) is 5.39 Å². The average Bonchev–Trinajstić information content (AvgIpc) is 3.03. The molecule has 0 amide bonds. The molecular formula is C17H19N5O4S. The van der Waals surface area contributed by atoms with E-state index < -0.39 is 17.1 Å². The molecule has 3 rings (SSSR count). The van der Waals surface area contributed by atoms with Crippen LogP contribution >= 0.6 is 11.8 Å². The molecule has 2 heterocycles. The third-order valence-corrected chi connectivity index (χ3v) is 4.79. The number of fused-ring (bicyclic) bond motifs is 1. The molecule has 0 unspecified atom stereocenters. The molecule has 0 aliphatic heterocycles. The van der Waals surface area contributed by atoms with E-state index in [1.165, 1.54) is 0 Å². The third kappa shape index (κ3) is 3.27. The van der Waals surface area contributed by atoms with Crippen LogP contribution in [0, 0.1) is 0 Å². The normalized spacial score (nSPS) is 11.9. The Kier molecular flexibility index (Phi) is 5.17. The Morgan fingerprint density at radius 2 is 2.04 bits per heavy atom. The third-order valence-electron chi connectivity index (χ3n) is 4.06. The van der Waals surface area contributed by atoms with Crippen LogP contribution in [0.2, 0.25) is 0 Å². The van der Waals surface area contributed by atoms with Crippen molar-refractivity contribution in [3.05, 3.63) is 39.0 Å². The molecule has 0 atom stereocenters. The summed E-state index contributed by atoms with van der Waals surface area (Å²) in [4.78, 5) is 25.9. The molecular weight excluding hydrogens is 370 g/mol.